The molecule has 0 N–H and O–H groups in total. The van der Waals surface area contributed by atoms with Crippen LogP contribution in [-0.4, -0.2) is 25.2 Å². The van der Waals surface area contributed by atoms with Gasteiger partial charge in [0, 0.05) is 7.11 Å². The molecule has 0 aliphatic carbocycles. The Morgan fingerprint density at radius 3 is 2.53 bits per heavy atom. The molecule has 1 atom stereocenters. The van der Waals surface area contributed by atoms with Gasteiger partial charge in [0.15, 0.2) is 5.69 Å². The van der Waals surface area contributed by atoms with Crippen LogP contribution in [0, 0.1) is 0 Å². The second kappa shape index (κ2) is 5.95. The SMILES string of the molecule is COC(=O)c1nc([C@@H](C)OC)sc1-c1ccccc1. The maximum atomic E-state index is 11.8. The Balaban J connectivity index is 2.52. The zero-order valence-electron chi connectivity index (χ0n) is 11.0. The average molecular weight is 277 g/mol. The molecule has 5 heteroatoms. The van der Waals surface area contributed by atoms with Gasteiger partial charge in [0.05, 0.1) is 12.0 Å². The highest BCUT2D eigenvalue weighted by Crippen LogP contribution is 2.34. The molecule has 0 aliphatic rings. The lowest BCUT2D eigenvalue weighted by molar-refractivity contribution is 0.0594. The fourth-order valence-electron chi connectivity index (χ4n) is 1.63. The van der Waals surface area contributed by atoms with E-state index in [1.54, 1.807) is 7.11 Å². The fraction of sp³-hybridized carbons (Fsp3) is 0.286. The molecular formula is C14H15NO3S. The van der Waals surface area contributed by atoms with Crippen LogP contribution in [0.25, 0.3) is 10.4 Å². The first-order valence-electron chi connectivity index (χ1n) is 5.84. The Morgan fingerprint density at radius 1 is 1.26 bits per heavy atom. The summed E-state index contributed by atoms with van der Waals surface area (Å²) in [6.07, 6.45) is -0.147. The van der Waals surface area contributed by atoms with E-state index in [2.05, 4.69) is 4.98 Å². The first kappa shape index (κ1) is 13.7. The highest BCUT2D eigenvalue weighted by atomic mass is 32.1. The molecule has 0 bridgehead atoms. The smallest absolute Gasteiger partial charge is 0.358 e. The Labute approximate surface area is 116 Å². The highest BCUT2D eigenvalue weighted by molar-refractivity contribution is 7.15. The van der Waals surface area contributed by atoms with Gasteiger partial charge in [0.2, 0.25) is 0 Å². The summed E-state index contributed by atoms with van der Waals surface area (Å²) in [6, 6.07) is 9.68. The van der Waals surface area contributed by atoms with E-state index in [-0.39, 0.29) is 6.10 Å². The quantitative estimate of drug-likeness (QED) is 0.804. The standard InChI is InChI=1S/C14H15NO3S/c1-9(17-2)13-15-11(14(16)18-3)12(19-13)10-7-5-4-6-8-10/h4-9H,1-3H3/t9-/m1/s1. The van der Waals surface area contributed by atoms with Gasteiger partial charge < -0.3 is 9.47 Å². The number of aromatic nitrogens is 1. The molecule has 0 saturated carbocycles. The van der Waals surface area contributed by atoms with Gasteiger partial charge in [-0.25, -0.2) is 9.78 Å². The molecule has 1 aromatic heterocycles. The summed E-state index contributed by atoms with van der Waals surface area (Å²) in [5.41, 5.74) is 1.30. The molecule has 0 radical (unpaired) electrons. The molecule has 0 amide bonds. The third kappa shape index (κ3) is 2.83. The lowest BCUT2D eigenvalue weighted by Gasteiger charge is -2.03. The van der Waals surface area contributed by atoms with Crippen molar-refractivity contribution in [2.24, 2.45) is 0 Å². The molecule has 0 unspecified atom stereocenters. The number of esters is 1. The summed E-state index contributed by atoms with van der Waals surface area (Å²) in [7, 11) is 2.97. The highest BCUT2D eigenvalue weighted by Gasteiger charge is 2.22. The van der Waals surface area contributed by atoms with Crippen molar-refractivity contribution in [3.63, 3.8) is 0 Å². The molecular weight excluding hydrogens is 262 g/mol. The molecule has 2 rings (SSSR count). The first-order chi connectivity index (χ1) is 9.17. The normalized spacial score (nSPS) is 12.2. The Bertz CT molecular complexity index is 565. The second-order valence-corrected chi connectivity index (χ2v) is 5.00. The van der Waals surface area contributed by atoms with E-state index in [1.165, 1.54) is 18.4 Å². The molecule has 2 aromatic rings. The minimum Gasteiger partial charge on any atom is -0.464 e. The minimum atomic E-state index is -0.426. The minimum absolute atomic E-state index is 0.147. The van der Waals surface area contributed by atoms with E-state index < -0.39 is 5.97 Å². The predicted molar refractivity (Wildman–Crippen MR) is 74.3 cm³/mol. The van der Waals surface area contributed by atoms with Crippen molar-refractivity contribution >= 4 is 17.3 Å². The van der Waals surface area contributed by atoms with Gasteiger partial charge in [-0.05, 0) is 12.5 Å². The number of benzene rings is 1. The molecule has 100 valence electrons. The van der Waals surface area contributed by atoms with Crippen LogP contribution in [-0.2, 0) is 9.47 Å². The van der Waals surface area contributed by atoms with Crippen LogP contribution in [0.5, 0.6) is 0 Å². The van der Waals surface area contributed by atoms with E-state index in [0.717, 1.165) is 15.4 Å². The number of hydrogen-bond donors (Lipinski definition) is 0. The summed E-state index contributed by atoms with van der Waals surface area (Å²) in [5, 5.41) is 0.766. The molecule has 0 spiro atoms. The van der Waals surface area contributed by atoms with E-state index in [1.807, 2.05) is 37.3 Å². The second-order valence-electron chi connectivity index (χ2n) is 3.97. The van der Waals surface area contributed by atoms with Crippen LogP contribution in [0.3, 0.4) is 0 Å². The third-order valence-electron chi connectivity index (χ3n) is 2.76. The van der Waals surface area contributed by atoms with Gasteiger partial charge in [-0.3, -0.25) is 0 Å². The number of carbonyl (C=O) groups excluding carboxylic acids is 1. The molecule has 0 aliphatic heterocycles. The van der Waals surface area contributed by atoms with Crippen LogP contribution in [0.2, 0.25) is 0 Å². The van der Waals surface area contributed by atoms with Crippen molar-refractivity contribution in [2.45, 2.75) is 13.0 Å². The number of ether oxygens (including phenoxy) is 2. The fourth-order valence-corrected chi connectivity index (χ4v) is 2.72. The number of hydrogen-bond acceptors (Lipinski definition) is 5. The van der Waals surface area contributed by atoms with Gasteiger partial charge >= 0.3 is 5.97 Å². The number of thiazole rings is 1. The largest absolute Gasteiger partial charge is 0.464 e. The maximum absolute atomic E-state index is 11.8. The summed E-state index contributed by atoms with van der Waals surface area (Å²) < 4.78 is 10.0. The average Bonchev–Trinajstić information content (AvgIpc) is 2.91. The van der Waals surface area contributed by atoms with E-state index in [0.29, 0.717) is 5.69 Å². The third-order valence-corrected chi connectivity index (χ3v) is 4.03. The number of carbonyl (C=O) groups is 1. The lowest BCUT2D eigenvalue weighted by atomic mass is 10.1. The number of nitrogens with zero attached hydrogens (tertiary/aromatic N) is 1. The van der Waals surface area contributed by atoms with Crippen LogP contribution in [0.4, 0.5) is 0 Å². The Kier molecular flexibility index (Phi) is 4.29. The van der Waals surface area contributed by atoms with Crippen molar-refractivity contribution in [1.82, 2.24) is 4.98 Å². The van der Waals surface area contributed by atoms with Gasteiger partial charge in [0.25, 0.3) is 0 Å². The summed E-state index contributed by atoms with van der Waals surface area (Å²) in [4.78, 5) is 17.0. The van der Waals surface area contributed by atoms with Crippen molar-refractivity contribution in [1.29, 1.82) is 0 Å². The Hall–Kier alpha value is -1.72. The maximum Gasteiger partial charge on any atom is 0.358 e. The van der Waals surface area contributed by atoms with Crippen LogP contribution < -0.4 is 0 Å². The van der Waals surface area contributed by atoms with Crippen molar-refractivity contribution in [3.8, 4) is 10.4 Å². The summed E-state index contributed by atoms with van der Waals surface area (Å²) in [6.45, 7) is 1.90. The van der Waals surface area contributed by atoms with Crippen LogP contribution in [0.1, 0.15) is 28.5 Å². The van der Waals surface area contributed by atoms with Crippen molar-refractivity contribution < 1.29 is 14.3 Å². The summed E-state index contributed by atoms with van der Waals surface area (Å²) >= 11 is 1.45. The lowest BCUT2D eigenvalue weighted by Crippen LogP contribution is -2.04. The van der Waals surface area contributed by atoms with E-state index in [9.17, 15) is 4.79 Å². The molecule has 4 nitrogen and oxygen atoms in total. The first-order valence-corrected chi connectivity index (χ1v) is 6.66. The monoisotopic (exact) mass is 277 g/mol. The van der Waals surface area contributed by atoms with Gasteiger partial charge in [-0.15, -0.1) is 11.3 Å². The van der Waals surface area contributed by atoms with Crippen molar-refractivity contribution in [2.75, 3.05) is 14.2 Å². The molecule has 1 aromatic carbocycles. The van der Waals surface area contributed by atoms with Gasteiger partial charge in [-0.2, -0.15) is 0 Å². The molecule has 19 heavy (non-hydrogen) atoms. The predicted octanol–water partition coefficient (Wildman–Crippen LogP) is 3.30. The number of methoxy groups -OCH3 is 2. The number of rotatable bonds is 4. The molecule has 0 fully saturated rings. The Morgan fingerprint density at radius 2 is 1.95 bits per heavy atom. The van der Waals surface area contributed by atoms with Crippen LogP contribution >= 0.6 is 11.3 Å². The van der Waals surface area contributed by atoms with Crippen LogP contribution in [0.15, 0.2) is 30.3 Å². The molecule has 1 heterocycles. The van der Waals surface area contributed by atoms with Gasteiger partial charge in [-0.1, -0.05) is 30.3 Å². The zero-order chi connectivity index (χ0) is 13.8. The molecule has 0 saturated heterocycles. The zero-order valence-corrected chi connectivity index (χ0v) is 11.9. The van der Waals surface area contributed by atoms with Crippen molar-refractivity contribution in [3.05, 3.63) is 41.0 Å². The topological polar surface area (TPSA) is 48.4 Å². The van der Waals surface area contributed by atoms with Gasteiger partial charge in [0.1, 0.15) is 11.1 Å². The summed E-state index contributed by atoms with van der Waals surface area (Å²) in [5.74, 6) is -0.426. The van der Waals surface area contributed by atoms with E-state index in [4.69, 9.17) is 9.47 Å². The van der Waals surface area contributed by atoms with E-state index >= 15 is 0 Å².